The topological polar surface area (TPSA) is 84.7 Å². The molecule has 1 saturated heterocycles. The van der Waals surface area contributed by atoms with Crippen LogP contribution in [0.25, 0.3) is 0 Å². The van der Waals surface area contributed by atoms with Gasteiger partial charge in [0.25, 0.3) is 0 Å². The quantitative estimate of drug-likeness (QED) is 0.814. The third kappa shape index (κ3) is 3.08. The lowest BCUT2D eigenvalue weighted by molar-refractivity contribution is -0.141. The molecule has 0 radical (unpaired) electrons. The smallest absolute Gasteiger partial charge is 0.323 e. The van der Waals surface area contributed by atoms with E-state index in [0.717, 1.165) is 18.6 Å². The maximum Gasteiger partial charge on any atom is 0.323 e. The van der Waals surface area contributed by atoms with Crippen molar-refractivity contribution in [1.29, 1.82) is 0 Å². The molecule has 1 aromatic rings. The zero-order valence-corrected chi connectivity index (χ0v) is 13.5. The second-order valence-corrected chi connectivity index (χ2v) is 5.83. The molecule has 1 aliphatic rings. The monoisotopic (exact) mass is 309 g/mol. The molecule has 2 rings (SSSR count). The van der Waals surface area contributed by atoms with Gasteiger partial charge in [-0.15, -0.1) is 0 Å². The molecule has 1 aliphatic heterocycles. The van der Waals surface area contributed by atoms with Crippen molar-refractivity contribution in [3.63, 3.8) is 0 Å². The van der Waals surface area contributed by atoms with Crippen LogP contribution in [0, 0.1) is 0 Å². The summed E-state index contributed by atoms with van der Waals surface area (Å²) in [6.45, 7) is 8.19. The van der Waals surface area contributed by atoms with E-state index >= 15 is 0 Å². The van der Waals surface area contributed by atoms with Crippen molar-refractivity contribution in [2.75, 3.05) is 18.1 Å². The number of hydrogen-bond donors (Lipinski definition) is 1. The fraction of sp³-hybridized carbons (Fsp3) is 0.667. The van der Waals surface area contributed by atoms with Crippen molar-refractivity contribution >= 4 is 17.8 Å². The Bertz CT molecular complexity index is 551. The summed E-state index contributed by atoms with van der Waals surface area (Å²) in [6, 6.07) is 1.27. The van der Waals surface area contributed by atoms with E-state index in [-0.39, 0.29) is 30.1 Å². The van der Waals surface area contributed by atoms with E-state index in [1.54, 1.807) is 6.07 Å². The van der Waals surface area contributed by atoms with Crippen LogP contribution < -0.4 is 10.2 Å². The van der Waals surface area contributed by atoms with Gasteiger partial charge < -0.3 is 14.6 Å². The number of carbonyl (C=O) groups is 2. The molecule has 1 aromatic heterocycles. The van der Waals surface area contributed by atoms with Gasteiger partial charge in [-0.25, -0.2) is 4.79 Å². The van der Waals surface area contributed by atoms with Crippen LogP contribution in [0.2, 0.25) is 0 Å². The Hall–Kier alpha value is -2.05. The molecule has 1 unspecified atom stereocenters. The van der Waals surface area contributed by atoms with Crippen molar-refractivity contribution in [1.82, 2.24) is 10.5 Å². The Morgan fingerprint density at radius 3 is 2.82 bits per heavy atom. The lowest BCUT2D eigenvalue weighted by Crippen LogP contribution is -2.37. The van der Waals surface area contributed by atoms with Crippen LogP contribution in [0.5, 0.6) is 0 Å². The van der Waals surface area contributed by atoms with Crippen LogP contribution >= 0.6 is 0 Å². The Kier molecular flexibility index (Phi) is 4.73. The van der Waals surface area contributed by atoms with Crippen molar-refractivity contribution in [3.8, 4) is 0 Å². The van der Waals surface area contributed by atoms with Gasteiger partial charge in [0.15, 0.2) is 5.82 Å². The summed E-state index contributed by atoms with van der Waals surface area (Å²) in [5.41, 5.74) is -0.104. The van der Waals surface area contributed by atoms with Gasteiger partial charge in [-0.3, -0.25) is 9.69 Å². The van der Waals surface area contributed by atoms with Crippen LogP contribution in [0.4, 0.5) is 10.6 Å². The number of urea groups is 1. The Morgan fingerprint density at radius 2 is 2.23 bits per heavy atom. The van der Waals surface area contributed by atoms with E-state index < -0.39 is 0 Å². The van der Waals surface area contributed by atoms with Crippen molar-refractivity contribution in [3.05, 3.63) is 11.8 Å². The third-order valence-corrected chi connectivity index (χ3v) is 4.45. The standard InChI is InChI=1S/C15H23N3O4/c1-5-15(4,6-2)12-7-13(17-22-12)18-11(8-16-14(18)20)9-21-10(3)19/h7,11H,5-6,8-9H2,1-4H3,(H,16,20). The first-order chi connectivity index (χ1) is 10.4. The molecule has 0 aliphatic carbocycles. The summed E-state index contributed by atoms with van der Waals surface area (Å²) < 4.78 is 10.5. The molecule has 1 fully saturated rings. The average Bonchev–Trinajstić information content (AvgIpc) is 3.11. The average molecular weight is 309 g/mol. The lowest BCUT2D eigenvalue weighted by Gasteiger charge is -2.22. The molecule has 2 amide bonds. The van der Waals surface area contributed by atoms with E-state index in [2.05, 4.69) is 31.2 Å². The van der Waals surface area contributed by atoms with Gasteiger partial charge in [0.05, 0.1) is 6.04 Å². The molecule has 7 nitrogen and oxygen atoms in total. The Morgan fingerprint density at radius 1 is 1.55 bits per heavy atom. The Balaban J connectivity index is 2.20. The van der Waals surface area contributed by atoms with Gasteiger partial charge in [-0.2, -0.15) is 0 Å². The van der Waals surface area contributed by atoms with Gasteiger partial charge in [0.1, 0.15) is 12.4 Å². The van der Waals surface area contributed by atoms with Gasteiger partial charge in [0.2, 0.25) is 0 Å². The number of esters is 1. The van der Waals surface area contributed by atoms with Crippen LogP contribution in [0.1, 0.15) is 46.3 Å². The van der Waals surface area contributed by atoms with Crippen LogP contribution in [0.3, 0.4) is 0 Å². The van der Waals surface area contributed by atoms with Gasteiger partial charge in [-0.05, 0) is 12.8 Å². The number of aromatic nitrogens is 1. The highest BCUT2D eigenvalue weighted by molar-refractivity contribution is 5.94. The van der Waals surface area contributed by atoms with E-state index in [1.807, 2.05) is 0 Å². The summed E-state index contributed by atoms with van der Waals surface area (Å²) >= 11 is 0. The maximum absolute atomic E-state index is 12.0. The second kappa shape index (κ2) is 6.37. The van der Waals surface area contributed by atoms with Gasteiger partial charge in [0, 0.05) is 24.9 Å². The number of anilines is 1. The normalized spacial score (nSPS) is 18.5. The molecule has 2 heterocycles. The van der Waals surface area contributed by atoms with E-state index in [0.29, 0.717) is 12.4 Å². The first kappa shape index (κ1) is 16.3. The van der Waals surface area contributed by atoms with Crippen molar-refractivity contribution in [2.45, 2.75) is 52.0 Å². The maximum atomic E-state index is 12.0. The molecular weight excluding hydrogens is 286 g/mol. The molecule has 122 valence electrons. The molecular formula is C15H23N3O4. The summed E-state index contributed by atoms with van der Waals surface area (Å²) in [7, 11) is 0. The summed E-state index contributed by atoms with van der Waals surface area (Å²) in [5.74, 6) is 0.846. The van der Waals surface area contributed by atoms with Gasteiger partial charge in [-0.1, -0.05) is 25.9 Å². The predicted octanol–water partition coefficient (Wildman–Crippen LogP) is 2.21. The fourth-order valence-corrected chi connectivity index (χ4v) is 2.45. The predicted molar refractivity (Wildman–Crippen MR) is 80.7 cm³/mol. The van der Waals surface area contributed by atoms with E-state index in [1.165, 1.54) is 11.8 Å². The highest BCUT2D eigenvalue weighted by Gasteiger charge is 2.36. The van der Waals surface area contributed by atoms with Crippen molar-refractivity contribution < 1.29 is 18.8 Å². The number of ether oxygens (including phenoxy) is 1. The minimum Gasteiger partial charge on any atom is -0.464 e. The molecule has 0 bridgehead atoms. The highest BCUT2D eigenvalue weighted by Crippen LogP contribution is 2.33. The molecule has 0 aromatic carbocycles. The number of nitrogens with zero attached hydrogens (tertiary/aromatic N) is 2. The van der Waals surface area contributed by atoms with Crippen LogP contribution in [0.15, 0.2) is 10.6 Å². The summed E-state index contributed by atoms with van der Waals surface area (Å²) in [5, 5.41) is 6.77. The molecule has 1 atom stereocenters. The fourth-order valence-electron chi connectivity index (χ4n) is 2.45. The Labute approximate surface area is 130 Å². The van der Waals surface area contributed by atoms with E-state index in [9.17, 15) is 9.59 Å². The van der Waals surface area contributed by atoms with Crippen LogP contribution in [-0.4, -0.2) is 36.4 Å². The number of carbonyl (C=O) groups excluding carboxylic acids is 2. The minimum absolute atomic E-state index is 0.104. The number of hydrogen-bond acceptors (Lipinski definition) is 5. The number of amides is 2. The zero-order valence-electron chi connectivity index (χ0n) is 13.5. The number of rotatable bonds is 6. The molecule has 0 spiro atoms. The third-order valence-electron chi connectivity index (χ3n) is 4.45. The molecule has 7 heteroatoms. The first-order valence-electron chi connectivity index (χ1n) is 7.59. The molecule has 0 saturated carbocycles. The minimum atomic E-state index is -0.371. The zero-order chi connectivity index (χ0) is 16.3. The molecule has 1 N–H and O–H groups in total. The summed E-state index contributed by atoms with van der Waals surface area (Å²) in [4.78, 5) is 24.5. The highest BCUT2D eigenvalue weighted by atomic mass is 16.5. The number of nitrogens with one attached hydrogen (secondary N) is 1. The molecule has 22 heavy (non-hydrogen) atoms. The largest absolute Gasteiger partial charge is 0.464 e. The van der Waals surface area contributed by atoms with Gasteiger partial charge >= 0.3 is 12.0 Å². The summed E-state index contributed by atoms with van der Waals surface area (Å²) in [6.07, 6.45) is 1.84. The SMILES string of the molecule is CCC(C)(CC)c1cc(N2C(=O)NCC2COC(C)=O)no1. The van der Waals surface area contributed by atoms with Crippen LogP contribution in [-0.2, 0) is 14.9 Å². The van der Waals surface area contributed by atoms with E-state index in [4.69, 9.17) is 9.26 Å². The second-order valence-electron chi connectivity index (χ2n) is 5.83. The first-order valence-corrected chi connectivity index (χ1v) is 7.59. The lowest BCUT2D eigenvalue weighted by atomic mass is 9.82. The van der Waals surface area contributed by atoms with Crippen molar-refractivity contribution in [2.24, 2.45) is 0 Å².